The Kier molecular flexibility index (Phi) is 7.95. The fraction of sp³-hybridized carbons (Fsp3) is 0.515. The number of unbranched alkanes of at least 4 members (excludes halogenated alkanes) is 2. The average molecular weight is 596 g/mol. The van der Waals surface area contributed by atoms with E-state index in [1.165, 1.54) is 23.2 Å². The highest BCUT2D eigenvalue weighted by Gasteiger charge is 2.45. The first-order chi connectivity index (χ1) is 21.6. The van der Waals surface area contributed by atoms with Gasteiger partial charge in [0.05, 0.1) is 45.4 Å². The number of aromatic nitrogens is 2. The minimum Gasteiger partial charge on any atom is -0.508 e. The van der Waals surface area contributed by atoms with Gasteiger partial charge in [-0.15, -0.1) is 0 Å². The number of fused-ring (bicyclic) bond motifs is 2. The monoisotopic (exact) mass is 595 g/mol. The summed E-state index contributed by atoms with van der Waals surface area (Å²) in [6.07, 6.45) is 9.68. The molecule has 2 N–H and O–H groups in total. The molecule has 1 saturated heterocycles. The molecule has 1 saturated carbocycles. The van der Waals surface area contributed by atoms with Gasteiger partial charge < -0.3 is 20.0 Å². The number of ether oxygens (including phenoxy) is 2. The van der Waals surface area contributed by atoms with E-state index in [-0.39, 0.29) is 28.8 Å². The van der Waals surface area contributed by atoms with Gasteiger partial charge >= 0.3 is 6.01 Å². The van der Waals surface area contributed by atoms with Crippen molar-refractivity contribution in [3.8, 4) is 11.8 Å². The molecular weight excluding hydrogens is 552 g/mol. The van der Waals surface area contributed by atoms with E-state index in [4.69, 9.17) is 17.2 Å². The highest BCUT2D eigenvalue weighted by Crippen LogP contribution is 2.46. The van der Waals surface area contributed by atoms with Gasteiger partial charge in [0.1, 0.15) is 5.75 Å². The van der Waals surface area contributed by atoms with Crippen LogP contribution in [0.3, 0.4) is 0 Å². The maximum atomic E-state index is 15.1. The standard InChI is InChI=1S/C33H41F2N5O3/c1-3-5-6-7-22(4-2)31-25-18-36-40(28-17-24(41)16-23-8-9-26(34)30(35)29(23)28)19-27(25)37-32(38-31)43-21-33(10-11-33)20-39-12-14-42-15-13-39/h8-9,16-19,22,36,41H,3-7,10-15,20-21H2,1-2H3/i21D2. The molecule has 3 aliphatic rings. The smallest absolute Gasteiger partial charge is 0.317 e. The summed E-state index contributed by atoms with van der Waals surface area (Å²) in [7, 11) is 0. The van der Waals surface area contributed by atoms with Gasteiger partial charge in [-0.25, -0.2) is 8.78 Å². The van der Waals surface area contributed by atoms with E-state index in [1.807, 2.05) is 0 Å². The molecule has 1 aromatic heterocycles. The number of anilines is 1. The lowest BCUT2D eigenvalue weighted by Crippen LogP contribution is -2.46. The summed E-state index contributed by atoms with van der Waals surface area (Å²) in [5.41, 5.74) is 3.41. The summed E-state index contributed by atoms with van der Waals surface area (Å²) in [6, 6.07) is 5.12. The third-order valence-corrected chi connectivity index (χ3v) is 8.69. The Balaban J connectivity index is 1.41. The summed E-state index contributed by atoms with van der Waals surface area (Å²) >= 11 is 0. The van der Waals surface area contributed by atoms with Crippen molar-refractivity contribution in [1.82, 2.24) is 20.3 Å². The number of aromatic hydroxyl groups is 1. The first-order valence-corrected chi connectivity index (χ1v) is 15.4. The number of benzene rings is 2. The van der Waals surface area contributed by atoms with E-state index >= 15 is 4.39 Å². The third kappa shape index (κ3) is 6.40. The number of morpholine rings is 1. The summed E-state index contributed by atoms with van der Waals surface area (Å²) < 4.78 is 59.1. The maximum absolute atomic E-state index is 15.1. The summed E-state index contributed by atoms with van der Waals surface area (Å²) in [6.45, 7) is 5.61. The van der Waals surface area contributed by atoms with Crippen LogP contribution in [0.2, 0.25) is 0 Å². The van der Waals surface area contributed by atoms with Crippen molar-refractivity contribution >= 4 is 28.9 Å². The Labute approximate surface area is 253 Å². The van der Waals surface area contributed by atoms with Crippen LogP contribution in [-0.4, -0.2) is 59.4 Å². The van der Waals surface area contributed by atoms with Crippen molar-refractivity contribution in [2.24, 2.45) is 5.41 Å². The zero-order chi connectivity index (χ0) is 31.8. The van der Waals surface area contributed by atoms with Crippen LogP contribution in [0.4, 0.5) is 14.5 Å². The van der Waals surface area contributed by atoms with Gasteiger partial charge in [-0.1, -0.05) is 39.2 Å². The molecule has 0 amide bonds. The first-order valence-electron chi connectivity index (χ1n) is 16.4. The van der Waals surface area contributed by atoms with Crippen molar-refractivity contribution < 1.29 is 26.1 Å². The number of nitrogens with zero attached hydrogens (tertiary/aromatic N) is 4. The largest absolute Gasteiger partial charge is 0.508 e. The quantitative estimate of drug-likeness (QED) is 0.292. The predicted octanol–water partition coefficient (Wildman–Crippen LogP) is 4.68. The number of halogens is 2. The number of hydrogen-bond donors (Lipinski definition) is 2. The minimum atomic E-state index is -2.01. The summed E-state index contributed by atoms with van der Waals surface area (Å²) in [4.78, 5) is 11.7. The van der Waals surface area contributed by atoms with E-state index in [2.05, 4.69) is 29.2 Å². The van der Waals surface area contributed by atoms with Gasteiger partial charge in [0.15, 0.2) is 11.6 Å². The molecule has 1 atom stereocenters. The predicted molar refractivity (Wildman–Crippen MR) is 163 cm³/mol. The summed E-state index contributed by atoms with van der Waals surface area (Å²) in [5, 5.41) is 13.4. The Morgan fingerprint density at radius 3 is 2.72 bits per heavy atom. The fourth-order valence-electron chi connectivity index (χ4n) is 6.03. The number of hydrazine groups is 1. The molecule has 0 bridgehead atoms. The Morgan fingerprint density at radius 2 is 1.98 bits per heavy atom. The van der Waals surface area contributed by atoms with E-state index in [9.17, 15) is 9.50 Å². The van der Waals surface area contributed by atoms with Crippen molar-refractivity contribution in [2.75, 3.05) is 44.4 Å². The number of phenols is 1. The molecule has 1 aliphatic carbocycles. The number of nitrogens with one attached hydrogen (secondary N) is 1. The van der Waals surface area contributed by atoms with Crippen LogP contribution in [0.25, 0.3) is 23.2 Å². The molecule has 2 fully saturated rings. The van der Waals surface area contributed by atoms with Crippen LogP contribution >= 0.6 is 0 Å². The zero-order valence-electron chi connectivity index (χ0n) is 26.8. The zero-order valence-corrected chi connectivity index (χ0v) is 24.8. The average Bonchev–Trinajstić information content (AvgIpc) is 3.82. The van der Waals surface area contributed by atoms with Crippen molar-refractivity contribution in [3.63, 3.8) is 0 Å². The van der Waals surface area contributed by atoms with E-state index in [1.54, 1.807) is 12.4 Å². The molecule has 8 nitrogen and oxygen atoms in total. The molecule has 3 heterocycles. The van der Waals surface area contributed by atoms with Gasteiger partial charge in [-0.2, -0.15) is 9.97 Å². The van der Waals surface area contributed by atoms with Crippen LogP contribution < -0.4 is 25.7 Å². The van der Waals surface area contributed by atoms with Crippen LogP contribution in [0.5, 0.6) is 11.8 Å². The molecule has 230 valence electrons. The molecular formula is C33H41F2N5O3. The Morgan fingerprint density at radius 1 is 1.16 bits per heavy atom. The second kappa shape index (κ2) is 12.6. The number of hydrogen-bond acceptors (Lipinski definition) is 8. The van der Waals surface area contributed by atoms with Crippen molar-refractivity contribution in [1.29, 1.82) is 0 Å². The van der Waals surface area contributed by atoms with E-state index < -0.39 is 23.6 Å². The second-order valence-electron chi connectivity index (χ2n) is 11.9. The lowest BCUT2D eigenvalue weighted by atomic mass is 9.93. The topological polar surface area (TPSA) is 83.0 Å². The van der Waals surface area contributed by atoms with Gasteiger partial charge in [0.25, 0.3) is 0 Å². The number of rotatable bonds is 12. The van der Waals surface area contributed by atoms with Gasteiger partial charge in [0, 0.05) is 53.8 Å². The molecule has 10 heteroatoms. The molecule has 43 heavy (non-hydrogen) atoms. The molecule has 2 aliphatic heterocycles. The van der Waals surface area contributed by atoms with Crippen LogP contribution in [-0.2, 0) is 4.74 Å². The highest BCUT2D eigenvalue weighted by atomic mass is 19.2. The lowest BCUT2D eigenvalue weighted by Gasteiger charge is -2.30. The normalized spacial score (nSPS) is 19.4. The maximum Gasteiger partial charge on any atom is 0.317 e. The first kappa shape index (κ1) is 27.1. The summed E-state index contributed by atoms with van der Waals surface area (Å²) in [5.74, 6) is -2.05. The molecule has 0 radical (unpaired) electrons. The van der Waals surface area contributed by atoms with Gasteiger partial charge in [0.2, 0.25) is 0 Å². The molecule has 2 aromatic carbocycles. The SMILES string of the molecule is [2H]C([2H])(Oc1nc(C(CC)CCCCC)c2c(n1)=CN(c1cc(O)cc3ccc(F)c(F)c13)NC=2)C1(CN2CCOCC2)CC1. The van der Waals surface area contributed by atoms with E-state index in [0.717, 1.165) is 62.2 Å². The molecule has 6 rings (SSSR count). The second-order valence-corrected chi connectivity index (χ2v) is 11.9. The third-order valence-electron chi connectivity index (χ3n) is 8.69. The van der Waals surface area contributed by atoms with Crippen molar-refractivity contribution in [3.05, 3.63) is 52.2 Å². The van der Waals surface area contributed by atoms with Crippen LogP contribution in [0.1, 0.15) is 73.1 Å². The van der Waals surface area contributed by atoms with E-state index in [0.29, 0.717) is 43.3 Å². The molecule has 3 aromatic rings. The number of phenolic OH excluding ortho intramolecular Hbond substituents is 1. The van der Waals surface area contributed by atoms with Gasteiger partial charge in [-0.05, 0) is 43.2 Å². The molecule has 1 unspecified atom stereocenters. The van der Waals surface area contributed by atoms with Crippen LogP contribution in [0, 0.1) is 17.0 Å². The highest BCUT2D eigenvalue weighted by molar-refractivity contribution is 5.97. The Hall–Kier alpha value is -3.50. The van der Waals surface area contributed by atoms with Crippen molar-refractivity contribution in [2.45, 2.75) is 64.7 Å². The van der Waals surface area contributed by atoms with Crippen LogP contribution in [0.15, 0.2) is 24.3 Å². The van der Waals surface area contributed by atoms with Gasteiger partial charge in [-0.3, -0.25) is 9.91 Å². The Bertz CT molecular complexity index is 1680. The molecule has 0 spiro atoms. The minimum absolute atomic E-state index is 0.000254. The lowest BCUT2D eigenvalue weighted by molar-refractivity contribution is 0.0231. The fourth-order valence-corrected chi connectivity index (χ4v) is 6.03.